The fraction of sp³-hybridized carbons (Fsp3) is 0.130. The smallest absolute Gasteiger partial charge is 0.250 e. The molecule has 5 rings (SSSR count). The highest BCUT2D eigenvalue weighted by Crippen LogP contribution is 2.28. The number of pyridine rings is 1. The lowest BCUT2D eigenvalue weighted by Gasteiger charge is -2.08. The summed E-state index contributed by atoms with van der Waals surface area (Å²) in [5.41, 5.74) is 5.41. The molecule has 31 heavy (non-hydrogen) atoms. The second-order valence-corrected chi connectivity index (χ2v) is 7.32. The fourth-order valence-electron chi connectivity index (χ4n) is 3.42. The first kappa shape index (κ1) is 18.8. The van der Waals surface area contributed by atoms with Gasteiger partial charge in [0.1, 0.15) is 6.61 Å². The number of ether oxygens (including phenoxy) is 1. The van der Waals surface area contributed by atoms with Crippen molar-refractivity contribution in [1.82, 2.24) is 28.9 Å². The SMILES string of the molecule is Cn1cc(-c2ccc(=O)n(C)c2)c(OCc2ccc(-c3ccn4nccc4n3)cc2)n1. The Morgan fingerprint density at radius 1 is 0.935 bits per heavy atom. The van der Waals surface area contributed by atoms with Crippen LogP contribution in [0.4, 0.5) is 0 Å². The van der Waals surface area contributed by atoms with Gasteiger partial charge in [0.05, 0.1) is 17.5 Å². The molecule has 0 fully saturated rings. The molecule has 154 valence electrons. The Labute approximate surface area is 178 Å². The zero-order valence-corrected chi connectivity index (χ0v) is 17.1. The molecule has 0 aliphatic carbocycles. The third kappa shape index (κ3) is 3.71. The third-order valence-electron chi connectivity index (χ3n) is 5.08. The van der Waals surface area contributed by atoms with Crippen LogP contribution in [0, 0.1) is 0 Å². The number of fused-ring (bicyclic) bond motifs is 1. The Kier molecular flexibility index (Phi) is 4.59. The molecule has 5 aromatic rings. The fourth-order valence-corrected chi connectivity index (χ4v) is 3.42. The van der Waals surface area contributed by atoms with Crippen LogP contribution in [0.25, 0.3) is 28.0 Å². The molecule has 0 atom stereocenters. The van der Waals surface area contributed by atoms with Crippen LogP contribution in [0.15, 0.2) is 78.1 Å². The molecule has 0 aliphatic heterocycles. The van der Waals surface area contributed by atoms with Gasteiger partial charge in [-0.2, -0.15) is 5.10 Å². The molecular weight excluding hydrogens is 392 g/mol. The lowest BCUT2D eigenvalue weighted by molar-refractivity contribution is 0.292. The topological polar surface area (TPSA) is 79.2 Å². The van der Waals surface area contributed by atoms with Crippen molar-refractivity contribution >= 4 is 5.65 Å². The standard InChI is InChI=1S/C23H20N6O2/c1-27-13-18(7-8-22(27)30)19-14-28(2)26-23(19)31-15-16-3-5-17(6-4-16)20-10-12-29-21(25-20)9-11-24-29/h3-14H,15H2,1-2H3. The van der Waals surface area contributed by atoms with Crippen molar-refractivity contribution in [2.24, 2.45) is 14.1 Å². The average Bonchev–Trinajstić information content (AvgIpc) is 3.40. The van der Waals surface area contributed by atoms with E-state index in [0.717, 1.165) is 33.6 Å². The molecule has 0 saturated heterocycles. The van der Waals surface area contributed by atoms with Crippen LogP contribution in [-0.4, -0.2) is 28.9 Å². The van der Waals surface area contributed by atoms with Crippen molar-refractivity contribution in [2.75, 3.05) is 0 Å². The number of rotatable bonds is 5. The highest BCUT2D eigenvalue weighted by Gasteiger charge is 2.13. The monoisotopic (exact) mass is 412 g/mol. The first-order chi connectivity index (χ1) is 15.1. The molecular formula is C23H20N6O2. The number of hydrogen-bond acceptors (Lipinski definition) is 5. The molecule has 8 heteroatoms. The second kappa shape index (κ2) is 7.56. The summed E-state index contributed by atoms with van der Waals surface area (Å²) < 4.78 is 11.0. The maximum absolute atomic E-state index is 11.7. The predicted molar refractivity (Wildman–Crippen MR) is 117 cm³/mol. The van der Waals surface area contributed by atoms with Gasteiger partial charge >= 0.3 is 0 Å². The first-order valence-corrected chi connectivity index (χ1v) is 9.80. The molecule has 4 aromatic heterocycles. The van der Waals surface area contributed by atoms with E-state index in [1.165, 1.54) is 0 Å². The van der Waals surface area contributed by atoms with Gasteiger partial charge in [-0.05, 0) is 17.7 Å². The summed E-state index contributed by atoms with van der Waals surface area (Å²) >= 11 is 0. The molecule has 0 amide bonds. The van der Waals surface area contributed by atoms with E-state index in [0.29, 0.717) is 12.5 Å². The lowest BCUT2D eigenvalue weighted by atomic mass is 10.1. The van der Waals surface area contributed by atoms with Crippen molar-refractivity contribution < 1.29 is 4.74 Å². The van der Waals surface area contributed by atoms with Crippen LogP contribution in [0.1, 0.15) is 5.56 Å². The third-order valence-corrected chi connectivity index (χ3v) is 5.08. The van der Waals surface area contributed by atoms with E-state index in [2.05, 4.69) is 15.2 Å². The highest BCUT2D eigenvalue weighted by atomic mass is 16.5. The Morgan fingerprint density at radius 3 is 2.55 bits per heavy atom. The lowest BCUT2D eigenvalue weighted by Crippen LogP contribution is -2.13. The van der Waals surface area contributed by atoms with Crippen molar-refractivity contribution in [1.29, 1.82) is 0 Å². The van der Waals surface area contributed by atoms with Crippen LogP contribution in [0.3, 0.4) is 0 Å². The minimum Gasteiger partial charge on any atom is -0.471 e. The minimum absolute atomic E-state index is 0.0583. The van der Waals surface area contributed by atoms with E-state index in [1.54, 1.807) is 45.3 Å². The molecule has 0 aliphatic rings. The van der Waals surface area contributed by atoms with Crippen molar-refractivity contribution in [3.63, 3.8) is 0 Å². The summed E-state index contributed by atoms with van der Waals surface area (Å²) in [5.74, 6) is 0.526. The summed E-state index contributed by atoms with van der Waals surface area (Å²) in [6, 6.07) is 15.2. The van der Waals surface area contributed by atoms with Gasteiger partial charge in [-0.15, -0.1) is 5.10 Å². The molecule has 0 bridgehead atoms. The van der Waals surface area contributed by atoms with Crippen LogP contribution < -0.4 is 10.3 Å². The quantitative estimate of drug-likeness (QED) is 0.443. The zero-order valence-electron chi connectivity index (χ0n) is 17.1. The summed E-state index contributed by atoms with van der Waals surface area (Å²) in [4.78, 5) is 16.3. The zero-order chi connectivity index (χ0) is 21.4. The van der Waals surface area contributed by atoms with Crippen LogP contribution in [-0.2, 0) is 20.7 Å². The van der Waals surface area contributed by atoms with Gasteiger partial charge in [-0.25, -0.2) is 9.50 Å². The van der Waals surface area contributed by atoms with E-state index >= 15 is 0 Å². The normalized spacial score (nSPS) is 11.2. The van der Waals surface area contributed by atoms with Crippen LogP contribution in [0.5, 0.6) is 5.88 Å². The number of benzene rings is 1. The minimum atomic E-state index is -0.0583. The summed E-state index contributed by atoms with van der Waals surface area (Å²) in [5, 5.41) is 8.61. The number of aromatic nitrogens is 6. The molecule has 0 saturated carbocycles. The van der Waals surface area contributed by atoms with E-state index in [9.17, 15) is 4.79 Å². The Hall–Kier alpha value is -4.20. The Bertz CT molecular complexity index is 1430. The summed E-state index contributed by atoms with van der Waals surface area (Å²) in [7, 11) is 3.57. The van der Waals surface area contributed by atoms with E-state index < -0.39 is 0 Å². The van der Waals surface area contributed by atoms with Gasteiger partial charge in [0.25, 0.3) is 0 Å². The molecule has 4 heterocycles. The number of aryl methyl sites for hydroxylation is 2. The highest BCUT2D eigenvalue weighted by molar-refractivity contribution is 5.67. The number of hydrogen-bond donors (Lipinski definition) is 0. The summed E-state index contributed by atoms with van der Waals surface area (Å²) in [6.45, 7) is 0.380. The predicted octanol–water partition coefficient (Wildman–Crippen LogP) is 3.07. The Morgan fingerprint density at radius 2 is 1.74 bits per heavy atom. The van der Waals surface area contributed by atoms with Crippen LogP contribution >= 0.6 is 0 Å². The Balaban J connectivity index is 1.34. The van der Waals surface area contributed by atoms with Gasteiger partial charge in [-0.1, -0.05) is 24.3 Å². The maximum Gasteiger partial charge on any atom is 0.250 e. The van der Waals surface area contributed by atoms with Crippen LogP contribution in [0.2, 0.25) is 0 Å². The van der Waals surface area contributed by atoms with Gasteiger partial charge < -0.3 is 9.30 Å². The van der Waals surface area contributed by atoms with E-state index in [1.807, 2.05) is 55.8 Å². The van der Waals surface area contributed by atoms with Crippen molar-refractivity contribution in [3.8, 4) is 28.3 Å². The van der Waals surface area contributed by atoms with E-state index in [-0.39, 0.29) is 5.56 Å². The molecule has 0 unspecified atom stereocenters. The van der Waals surface area contributed by atoms with Gasteiger partial charge in [0, 0.05) is 55.9 Å². The van der Waals surface area contributed by atoms with E-state index in [4.69, 9.17) is 4.74 Å². The first-order valence-electron chi connectivity index (χ1n) is 9.80. The molecule has 0 radical (unpaired) electrons. The van der Waals surface area contributed by atoms with Gasteiger partial charge in [-0.3, -0.25) is 9.48 Å². The molecule has 1 aromatic carbocycles. The maximum atomic E-state index is 11.7. The van der Waals surface area contributed by atoms with Gasteiger partial charge in [0.15, 0.2) is 5.65 Å². The van der Waals surface area contributed by atoms with Crippen molar-refractivity contribution in [3.05, 3.63) is 89.2 Å². The molecule has 0 spiro atoms. The molecule has 0 N–H and O–H groups in total. The number of nitrogens with zero attached hydrogens (tertiary/aromatic N) is 6. The van der Waals surface area contributed by atoms with Gasteiger partial charge in [0.2, 0.25) is 11.4 Å². The largest absolute Gasteiger partial charge is 0.471 e. The second-order valence-electron chi connectivity index (χ2n) is 7.32. The summed E-state index contributed by atoms with van der Waals surface area (Å²) in [6.07, 6.45) is 7.30. The molecule has 8 nitrogen and oxygen atoms in total. The average molecular weight is 412 g/mol. The van der Waals surface area contributed by atoms with Crippen molar-refractivity contribution in [2.45, 2.75) is 6.61 Å².